The summed E-state index contributed by atoms with van der Waals surface area (Å²) >= 11 is 8.58. The highest BCUT2D eigenvalue weighted by Crippen LogP contribution is 2.28. The van der Waals surface area contributed by atoms with E-state index in [1.54, 1.807) is 12.1 Å². The van der Waals surface area contributed by atoms with Crippen molar-refractivity contribution in [3.8, 4) is 0 Å². The molecule has 0 fully saturated rings. The number of carbonyl (C=O) groups is 1. The number of carbonyl (C=O) groups excluding carboxylic acids is 1. The van der Waals surface area contributed by atoms with E-state index in [1.807, 2.05) is 12.1 Å². The maximum Gasteiger partial charge on any atom is 0.178 e. The highest BCUT2D eigenvalue weighted by Gasteiger charge is 2.12. The van der Waals surface area contributed by atoms with E-state index in [9.17, 15) is 9.18 Å². The number of ketones is 1. The van der Waals surface area contributed by atoms with Crippen molar-refractivity contribution < 1.29 is 9.18 Å². The Hall–Kier alpha value is -1.23. The van der Waals surface area contributed by atoms with Crippen LogP contribution in [0, 0.1) is 5.82 Å². The molecule has 2 heterocycles. The predicted octanol–water partition coefficient (Wildman–Crippen LogP) is 5.18. The van der Waals surface area contributed by atoms with E-state index in [0.717, 1.165) is 15.0 Å². The molecule has 1 aromatic carbocycles. The third kappa shape index (κ3) is 2.71. The van der Waals surface area contributed by atoms with Crippen LogP contribution >= 0.6 is 34.3 Å². The summed E-state index contributed by atoms with van der Waals surface area (Å²) in [5, 5.41) is 0.902. The van der Waals surface area contributed by atoms with Crippen molar-refractivity contribution in [3.63, 3.8) is 0 Å². The van der Waals surface area contributed by atoms with Gasteiger partial charge in [0.2, 0.25) is 0 Å². The van der Waals surface area contributed by atoms with Crippen LogP contribution in [0.25, 0.3) is 10.1 Å². The van der Waals surface area contributed by atoms with Crippen molar-refractivity contribution >= 4 is 50.1 Å². The summed E-state index contributed by atoms with van der Waals surface area (Å²) in [6.07, 6.45) is 0.340. The third-order valence-electron chi connectivity index (χ3n) is 2.72. The molecule has 0 aliphatic carbocycles. The van der Waals surface area contributed by atoms with Crippen LogP contribution in [0.3, 0.4) is 0 Å². The monoisotopic (exact) mass is 310 g/mol. The highest BCUT2D eigenvalue weighted by molar-refractivity contribution is 7.21. The zero-order valence-electron chi connectivity index (χ0n) is 9.65. The first-order chi connectivity index (χ1) is 9.11. The van der Waals surface area contributed by atoms with Crippen molar-refractivity contribution in [1.29, 1.82) is 0 Å². The van der Waals surface area contributed by atoms with E-state index in [0.29, 0.717) is 15.6 Å². The number of halogens is 2. The molecular weight excluding hydrogens is 303 g/mol. The largest absolute Gasteiger partial charge is 0.293 e. The highest BCUT2D eigenvalue weighted by atomic mass is 35.5. The van der Waals surface area contributed by atoms with Gasteiger partial charge in [-0.15, -0.1) is 22.7 Å². The molecule has 96 valence electrons. The van der Waals surface area contributed by atoms with Crippen molar-refractivity contribution in [2.24, 2.45) is 0 Å². The van der Waals surface area contributed by atoms with Gasteiger partial charge in [-0.25, -0.2) is 4.39 Å². The first-order valence-electron chi connectivity index (χ1n) is 5.58. The molecule has 2 aromatic heterocycles. The Bertz CT molecular complexity index is 760. The van der Waals surface area contributed by atoms with E-state index in [-0.39, 0.29) is 11.6 Å². The van der Waals surface area contributed by atoms with Gasteiger partial charge in [0.1, 0.15) is 5.82 Å². The molecule has 0 aliphatic rings. The lowest BCUT2D eigenvalue weighted by atomic mass is 10.2. The minimum absolute atomic E-state index is 0.0418. The number of hydrogen-bond donors (Lipinski definition) is 0. The van der Waals surface area contributed by atoms with Crippen molar-refractivity contribution in [2.75, 3.05) is 0 Å². The number of Topliss-reactive ketones (excluding diaryl/α,β-unsaturated/α-hetero) is 1. The lowest BCUT2D eigenvalue weighted by Gasteiger charge is -1.93. The molecule has 5 heteroatoms. The van der Waals surface area contributed by atoms with E-state index in [1.165, 1.54) is 34.8 Å². The Kier molecular flexibility index (Phi) is 3.39. The fourth-order valence-electron chi connectivity index (χ4n) is 1.83. The molecule has 0 unspecified atom stereocenters. The molecule has 0 amide bonds. The zero-order valence-corrected chi connectivity index (χ0v) is 12.0. The summed E-state index contributed by atoms with van der Waals surface area (Å²) in [7, 11) is 0. The van der Waals surface area contributed by atoms with Crippen LogP contribution in [0.4, 0.5) is 4.39 Å². The molecule has 0 atom stereocenters. The van der Waals surface area contributed by atoms with Gasteiger partial charge in [-0.3, -0.25) is 4.79 Å². The lowest BCUT2D eigenvalue weighted by molar-refractivity contribution is 0.0997. The smallest absolute Gasteiger partial charge is 0.178 e. The first-order valence-corrected chi connectivity index (χ1v) is 7.59. The molecule has 0 N–H and O–H groups in total. The van der Waals surface area contributed by atoms with E-state index in [4.69, 9.17) is 11.6 Å². The van der Waals surface area contributed by atoms with Gasteiger partial charge in [-0.2, -0.15) is 0 Å². The maximum absolute atomic E-state index is 13.1. The Morgan fingerprint density at radius 2 is 2.00 bits per heavy atom. The molecule has 3 aromatic rings. The second kappa shape index (κ2) is 5.04. The van der Waals surface area contributed by atoms with Crippen molar-refractivity contribution in [1.82, 2.24) is 0 Å². The number of benzene rings is 1. The van der Waals surface area contributed by atoms with E-state index >= 15 is 0 Å². The van der Waals surface area contributed by atoms with Gasteiger partial charge < -0.3 is 0 Å². The summed E-state index contributed by atoms with van der Waals surface area (Å²) < 4.78 is 14.6. The van der Waals surface area contributed by atoms with Gasteiger partial charge in [0.05, 0.1) is 9.21 Å². The third-order valence-corrected chi connectivity index (χ3v) is 5.09. The average molecular weight is 311 g/mol. The Balaban J connectivity index is 1.89. The Morgan fingerprint density at radius 1 is 1.16 bits per heavy atom. The predicted molar refractivity (Wildman–Crippen MR) is 79.1 cm³/mol. The average Bonchev–Trinajstić information content (AvgIpc) is 2.95. The van der Waals surface area contributed by atoms with Gasteiger partial charge in [-0.05, 0) is 35.7 Å². The molecule has 0 saturated carbocycles. The molecule has 0 bridgehead atoms. The first kappa shape index (κ1) is 12.8. The summed E-state index contributed by atoms with van der Waals surface area (Å²) in [6.45, 7) is 0. The Labute approximate surface area is 122 Å². The van der Waals surface area contributed by atoms with Crippen LogP contribution in [0.2, 0.25) is 4.34 Å². The van der Waals surface area contributed by atoms with Crippen LogP contribution in [0.15, 0.2) is 36.4 Å². The Morgan fingerprint density at radius 3 is 2.74 bits per heavy atom. The summed E-state index contributed by atoms with van der Waals surface area (Å²) in [6, 6.07) is 10.0. The molecule has 3 rings (SSSR count). The second-order valence-electron chi connectivity index (χ2n) is 4.10. The normalized spacial score (nSPS) is 11.1. The molecule has 0 spiro atoms. The van der Waals surface area contributed by atoms with Crippen molar-refractivity contribution in [3.05, 3.63) is 56.3 Å². The number of rotatable bonds is 3. The summed E-state index contributed by atoms with van der Waals surface area (Å²) in [5.74, 6) is -0.237. The van der Waals surface area contributed by atoms with Crippen molar-refractivity contribution in [2.45, 2.75) is 6.42 Å². The minimum atomic E-state index is -0.279. The number of fused-ring (bicyclic) bond motifs is 1. The lowest BCUT2D eigenvalue weighted by Crippen LogP contribution is -1.98. The minimum Gasteiger partial charge on any atom is -0.293 e. The topological polar surface area (TPSA) is 17.1 Å². The molecular formula is C14H8ClFOS2. The van der Waals surface area contributed by atoms with Gasteiger partial charge >= 0.3 is 0 Å². The van der Waals surface area contributed by atoms with E-state index < -0.39 is 0 Å². The standard InChI is InChI=1S/C14H8ClFOS2/c15-14-4-3-10(18-14)7-11(17)13-5-8-1-2-9(16)6-12(8)19-13/h1-6H,7H2. The van der Waals surface area contributed by atoms with Gasteiger partial charge in [0, 0.05) is 16.0 Å². The molecule has 0 aliphatic heterocycles. The fraction of sp³-hybridized carbons (Fsp3) is 0.0714. The second-order valence-corrected chi connectivity index (χ2v) is 6.98. The van der Waals surface area contributed by atoms with Crippen LogP contribution in [0.5, 0.6) is 0 Å². The molecule has 19 heavy (non-hydrogen) atoms. The van der Waals surface area contributed by atoms with E-state index in [2.05, 4.69) is 0 Å². The maximum atomic E-state index is 13.1. The number of thiophene rings is 2. The van der Waals surface area contributed by atoms with Crippen LogP contribution in [-0.4, -0.2) is 5.78 Å². The molecule has 0 saturated heterocycles. The molecule has 1 nitrogen and oxygen atoms in total. The van der Waals surface area contributed by atoms with Crippen LogP contribution in [-0.2, 0) is 6.42 Å². The van der Waals surface area contributed by atoms with Crippen LogP contribution in [0.1, 0.15) is 14.5 Å². The summed E-state index contributed by atoms with van der Waals surface area (Å²) in [5.41, 5.74) is 0. The SMILES string of the molecule is O=C(Cc1ccc(Cl)s1)c1cc2ccc(F)cc2s1. The number of hydrogen-bond acceptors (Lipinski definition) is 3. The zero-order chi connectivity index (χ0) is 13.4. The van der Waals surface area contributed by atoms with Crippen LogP contribution < -0.4 is 0 Å². The van der Waals surface area contributed by atoms with Gasteiger partial charge in [-0.1, -0.05) is 17.7 Å². The van der Waals surface area contributed by atoms with Gasteiger partial charge in [0.25, 0.3) is 0 Å². The summed E-state index contributed by atoms with van der Waals surface area (Å²) in [4.78, 5) is 13.8. The quantitative estimate of drug-likeness (QED) is 0.609. The molecule has 0 radical (unpaired) electrons. The fourth-order valence-corrected chi connectivity index (χ4v) is 3.95. The van der Waals surface area contributed by atoms with Gasteiger partial charge in [0.15, 0.2) is 5.78 Å².